The number of rotatable bonds is 1. The van der Waals surface area contributed by atoms with Gasteiger partial charge in [0.05, 0.1) is 24.4 Å². The van der Waals surface area contributed by atoms with Gasteiger partial charge in [-0.1, -0.05) is 18.2 Å². The number of para-hydroxylation sites is 1. The standard InChI is InChI=1S/C14H18N2O3/c17-13-5-7-16(12-4-2-1-3-11(12)13)14(18)15-10-6-8-19-9-10/h1-4,10,13,17H,5-9H2,(H,15,18). The number of benzene rings is 1. The molecule has 0 saturated carbocycles. The van der Waals surface area contributed by atoms with Crippen LogP contribution in [0.5, 0.6) is 0 Å². The summed E-state index contributed by atoms with van der Waals surface area (Å²) in [7, 11) is 0. The van der Waals surface area contributed by atoms with Crippen molar-refractivity contribution in [2.75, 3.05) is 24.7 Å². The van der Waals surface area contributed by atoms with Crippen LogP contribution in [0.4, 0.5) is 10.5 Å². The van der Waals surface area contributed by atoms with E-state index in [-0.39, 0.29) is 12.1 Å². The zero-order valence-corrected chi connectivity index (χ0v) is 10.7. The van der Waals surface area contributed by atoms with Crippen LogP contribution in [-0.4, -0.2) is 36.9 Å². The SMILES string of the molecule is O=C(NC1CCOC1)N1CCC(O)c2ccccc21. The molecule has 19 heavy (non-hydrogen) atoms. The molecule has 5 heteroatoms. The molecule has 2 unspecified atom stereocenters. The molecule has 2 aliphatic heterocycles. The number of ether oxygens (including phenoxy) is 1. The third kappa shape index (κ3) is 2.43. The number of carbonyl (C=O) groups is 1. The molecule has 0 aromatic heterocycles. The van der Waals surface area contributed by atoms with Gasteiger partial charge >= 0.3 is 6.03 Å². The van der Waals surface area contributed by atoms with Crippen molar-refractivity contribution in [1.82, 2.24) is 5.32 Å². The van der Waals surface area contributed by atoms with Crippen LogP contribution in [0.15, 0.2) is 24.3 Å². The average Bonchev–Trinajstić information content (AvgIpc) is 2.92. The van der Waals surface area contributed by atoms with Crippen LogP contribution in [0.2, 0.25) is 0 Å². The van der Waals surface area contributed by atoms with Gasteiger partial charge in [-0.25, -0.2) is 4.79 Å². The van der Waals surface area contributed by atoms with Crippen molar-refractivity contribution >= 4 is 11.7 Å². The molecule has 2 N–H and O–H groups in total. The highest BCUT2D eigenvalue weighted by atomic mass is 16.5. The number of hydrogen-bond donors (Lipinski definition) is 2. The lowest BCUT2D eigenvalue weighted by molar-refractivity contribution is 0.163. The summed E-state index contributed by atoms with van der Waals surface area (Å²) in [5, 5.41) is 13.0. The molecule has 0 radical (unpaired) electrons. The van der Waals surface area contributed by atoms with Crippen LogP contribution < -0.4 is 10.2 Å². The Bertz CT molecular complexity index is 472. The summed E-state index contributed by atoms with van der Waals surface area (Å²) in [6.45, 7) is 1.84. The Hall–Kier alpha value is -1.59. The highest BCUT2D eigenvalue weighted by Gasteiger charge is 2.28. The van der Waals surface area contributed by atoms with Crippen LogP contribution in [0, 0.1) is 0 Å². The van der Waals surface area contributed by atoms with Crippen LogP contribution >= 0.6 is 0 Å². The second-order valence-corrected chi connectivity index (χ2v) is 5.02. The summed E-state index contributed by atoms with van der Waals surface area (Å²) in [5.74, 6) is 0. The fourth-order valence-electron chi connectivity index (χ4n) is 2.65. The highest BCUT2D eigenvalue weighted by molar-refractivity contribution is 5.93. The Kier molecular flexibility index (Phi) is 3.40. The van der Waals surface area contributed by atoms with Crippen LogP contribution in [0.25, 0.3) is 0 Å². The van der Waals surface area contributed by atoms with E-state index in [0.717, 1.165) is 17.7 Å². The average molecular weight is 262 g/mol. The molecule has 3 rings (SSSR count). The van der Waals surface area contributed by atoms with Crippen molar-refractivity contribution in [3.63, 3.8) is 0 Å². The zero-order valence-electron chi connectivity index (χ0n) is 10.7. The zero-order chi connectivity index (χ0) is 13.2. The van der Waals surface area contributed by atoms with E-state index in [1.54, 1.807) is 4.90 Å². The van der Waals surface area contributed by atoms with Crippen LogP contribution in [0.3, 0.4) is 0 Å². The Morgan fingerprint density at radius 1 is 1.37 bits per heavy atom. The third-order valence-electron chi connectivity index (χ3n) is 3.72. The Balaban J connectivity index is 1.77. The molecule has 2 heterocycles. The molecule has 2 atom stereocenters. The number of fused-ring (bicyclic) bond motifs is 1. The van der Waals surface area contributed by atoms with E-state index < -0.39 is 6.10 Å². The van der Waals surface area contributed by atoms with E-state index in [4.69, 9.17) is 4.74 Å². The summed E-state index contributed by atoms with van der Waals surface area (Å²) in [5.41, 5.74) is 1.63. The molecule has 102 valence electrons. The van der Waals surface area contributed by atoms with Gasteiger partial charge in [0.15, 0.2) is 0 Å². The summed E-state index contributed by atoms with van der Waals surface area (Å²) in [4.78, 5) is 14.0. The smallest absolute Gasteiger partial charge is 0.322 e. The van der Waals surface area contributed by atoms with Gasteiger partial charge in [0.2, 0.25) is 0 Å². The summed E-state index contributed by atoms with van der Waals surface area (Å²) in [6.07, 6.45) is 0.963. The van der Waals surface area contributed by atoms with Gasteiger partial charge < -0.3 is 15.2 Å². The number of nitrogens with zero attached hydrogens (tertiary/aromatic N) is 1. The lowest BCUT2D eigenvalue weighted by Crippen LogP contribution is -2.47. The first-order valence-electron chi connectivity index (χ1n) is 6.68. The monoisotopic (exact) mass is 262 g/mol. The second kappa shape index (κ2) is 5.19. The van der Waals surface area contributed by atoms with E-state index in [9.17, 15) is 9.90 Å². The Labute approximate surface area is 112 Å². The number of urea groups is 1. The number of carbonyl (C=O) groups excluding carboxylic acids is 1. The quantitative estimate of drug-likeness (QED) is 0.805. The molecule has 0 aliphatic carbocycles. The van der Waals surface area contributed by atoms with Crippen molar-refractivity contribution in [1.29, 1.82) is 0 Å². The van der Waals surface area contributed by atoms with E-state index in [0.29, 0.717) is 26.2 Å². The van der Waals surface area contributed by atoms with Gasteiger partial charge in [-0.2, -0.15) is 0 Å². The molecule has 1 aromatic carbocycles. The Morgan fingerprint density at radius 3 is 3.00 bits per heavy atom. The molecule has 1 saturated heterocycles. The molecule has 5 nitrogen and oxygen atoms in total. The van der Waals surface area contributed by atoms with E-state index in [1.807, 2.05) is 24.3 Å². The molecule has 1 aromatic rings. The largest absolute Gasteiger partial charge is 0.388 e. The summed E-state index contributed by atoms with van der Waals surface area (Å²) >= 11 is 0. The topological polar surface area (TPSA) is 61.8 Å². The van der Waals surface area contributed by atoms with Gasteiger partial charge in [-0.05, 0) is 18.9 Å². The first-order valence-corrected chi connectivity index (χ1v) is 6.68. The summed E-state index contributed by atoms with van der Waals surface area (Å²) in [6, 6.07) is 7.52. The lowest BCUT2D eigenvalue weighted by Gasteiger charge is -2.32. The molecule has 0 bridgehead atoms. The van der Waals surface area contributed by atoms with E-state index in [1.165, 1.54) is 0 Å². The van der Waals surface area contributed by atoms with Gasteiger partial charge in [0.1, 0.15) is 0 Å². The van der Waals surface area contributed by atoms with Crippen molar-refractivity contribution < 1.29 is 14.6 Å². The molecule has 1 fully saturated rings. The number of hydrogen-bond acceptors (Lipinski definition) is 3. The molecule has 0 spiro atoms. The predicted octanol–water partition coefficient (Wildman–Crippen LogP) is 1.43. The molecule has 2 aliphatic rings. The molecular weight excluding hydrogens is 244 g/mol. The summed E-state index contributed by atoms with van der Waals surface area (Å²) < 4.78 is 5.26. The molecule has 2 amide bonds. The van der Waals surface area contributed by atoms with E-state index in [2.05, 4.69) is 5.32 Å². The van der Waals surface area contributed by atoms with Crippen LogP contribution in [0.1, 0.15) is 24.5 Å². The Morgan fingerprint density at radius 2 is 2.21 bits per heavy atom. The first kappa shape index (κ1) is 12.4. The van der Waals surface area contributed by atoms with Gasteiger partial charge in [-0.3, -0.25) is 4.90 Å². The third-order valence-corrected chi connectivity index (χ3v) is 3.72. The maximum absolute atomic E-state index is 12.3. The van der Waals surface area contributed by atoms with Crippen molar-refractivity contribution in [3.8, 4) is 0 Å². The van der Waals surface area contributed by atoms with Gasteiger partial charge in [0, 0.05) is 18.7 Å². The van der Waals surface area contributed by atoms with Gasteiger partial charge in [0.25, 0.3) is 0 Å². The van der Waals surface area contributed by atoms with Gasteiger partial charge in [-0.15, -0.1) is 0 Å². The number of anilines is 1. The minimum absolute atomic E-state index is 0.102. The minimum atomic E-state index is -0.477. The number of nitrogens with one attached hydrogen (secondary N) is 1. The van der Waals surface area contributed by atoms with Crippen LogP contribution in [-0.2, 0) is 4.74 Å². The first-order chi connectivity index (χ1) is 9.25. The lowest BCUT2D eigenvalue weighted by atomic mass is 9.99. The fourth-order valence-corrected chi connectivity index (χ4v) is 2.65. The van der Waals surface area contributed by atoms with Crippen molar-refractivity contribution in [2.45, 2.75) is 25.0 Å². The minimum Gasteiger partial charge on any atom is -0.388 e. The van der Waals surface area contributed by atoms with Crippen molar-refractivity contribution in [3.05, 3.63) is 29.8 Å². The molecular formula is C14H18N2O3. The van der Waals surface area contributed by atoms with Crippen molar-refractivity contribution in [2.24, 2.45) is 0 Å². The maximum atomic E-state index is 12.3. The second-order valence-electron chi connectivity index (χ2n) is 5.02. The highest BCUT2D eigenvalue weighted by Crippen LogP contribution is 2.33. The number of amides is 2. The predicted molar refractivity (Wildman–Crippen MR) is 71.1 cm³/mol. The normalized spacial score (nSPS) is 26.1. The number of aliphatic hydroxyl groups is 1. The fraction of sp³-hybridized carbons (Fsp3) is 0.500. The van der Waals surface area contributed by atoms with E-state index >= 15 is 0 Å². The number of aliphatic hydroxyl groups excluding tert-OH is 1. The maximum Gasteiger partial charge on any atom is 0.322 e.